The lowest BCUT2D eigenvalue weighted by Crippen LogP contribution is -2.48. The maximum Gasteiger partial charge on any atom is 0.444 e. The van der Waals surface area contributed by atoms with Crippen molar-refractivity contribution in [1.82, 2.24) is 0 Å². The molecule has 0 saturated carbocycles. The quantitative estimate of drug-likeness (QED) is 0.584. The van der Waals surface area contributed by atoms with Crippen molar-refractivity contribution >= 4 is 11.6 Å². The van der Waals surface area contributed by atoms with Crippen LogP contribution in [0, 0.1) is 0 Å². The molecule has 1 saturated heterocycles. The van der Waals surface area contributed by atoms with Gasteiger partial charge in [0.25, 0.3) is 5.79 Å². The molecule has 1 aliphatic heterocycles. The van der Waals surface area contributed by atoms with Crippen molar-refractivity contribution < 1.29 is 22.6 Å². The normalized spacial score (nSPS) is 24.0. The summed E-state index contributed by atoms with van der Waals surface area (Å²) in [6.07, 6.45) is -4.55. The molecule has 2 nitrogen and oxygen atoms in total. The molecule has 0 aromatic heterocycles. The Labute approximate surface area is 66.2 Å². The van der Waals surface area contributed by atoms with Crippen molar-refractivity contribution in [2.45, 2.75) is 12.0 Å². The Kier molecular flexibility index (Phi) is 2.32. The van der Waals surface area contributed by atoms with E-state index in [1.165, 1.54) is 0 Å². The summed E-state index contributed by atoms with van der Waals surface area (Å²) >= 11 is 5.08. The zero-order valence-electron chi connectivity index (χ0n) is 5.45. The third-order valence-electron chi connectivity index (χ3n) is 1.36. The minimum Gasteiger partial charge on any atom is -0.339 e. The van der Waals surface area contributed by atoms with E-state index >= 15 is 0 Å². The highest BCUT2D eigenvalue weighted by Crippen LogP contribution is 2.38. The van der Waals surface area contributed by atoms with Crippen LogP contribution >= 0.6 is 11.6 Å². The fourth-order valence-electron chi connectivity index (χ4n) is 0.771. The van der Waals surface area contributed by atoms with Crippen molar-refractivity contribution in [3.8, 4) is 0 Å². The van der Waals surface area contributed by atoms with Gasteiger partial charge in [-0.05, 0) is 0 Å². The predicted octanol–water partition coefficient (Wildman–Crippen LogP) is 1.53. The summed E-state index contributed by atoms with van der Waals surface area (Å²) in [6.45, 7) is -0.127. The van der Waals surface area contributed by atoms with Crippen LogP contribution in [-0.2, 0) is 9.47 Å². The average Bonchev–Trinajstić information content (AvgIpc) is 2.33. The van der Waals surface area contributed by atoms with E-state index in [9.17, 15) is 13.2 Å². The standard InChI is InChI=1S/C5H6ClF3O2/c6-3-4(5(7,8)9)10-1-2-11-4/h1-3H2. The zero-order valence-corrected chi connectivity index (χ0v) is 6.21. The largest absolute Gasteiger partial charge is 0.444 e. The van der Waals surface area contributed by atoms with Gasteiger partial charge in [-0.2, -0.15) is 13.2 Å². The summed E-state index contributed by atoms with van der Waals surface area (Å²) in [5.74, 6) is -3.29. The second-order valence-corrected chi connectivity index (χ2v) is 2.35. The fourth-order valence-corrected chi connectivity index (χ4v) is 1.08. The molecule has 0 N–H and O–H groups in total. The number of rotatable bonds is 1. The number of ether oxygens (including phenoxy) is 2. The SMILES string of the molecule is FC(F)(F)C1(CCl)OCCO1. The van der Waals surface area contributed by atoms with E-state index in [1.807, 2.05) is 0 Å². The molecule has 1 rings (SSSR count). The predicted molar refractivity (Wildman–Crippen MR) is 31.4 cm³/mol. The zero-order chi connectivity index (χ0) is 8.54. The smallest absolute Gasteiger partial charge is 0.339 e. The second-order valence-electron chi connectivity index (χ2n) is 2.08. The molecule has 0 spiro atoms. The molecule has 0 aromatic rings. The number of hydrogen-bond acceptors (Lipinski definition) is 2. The van der Waals surface area contributed by atoms with Gasteiger partial charge in [-0.1, -0.05) is 0 Å². The van der Waals surface area contributed by atoms with Crippen molar-refractivity contribution in [3.63, 3.8) is 0 Å². The maximum atomic E-state index is 12.1. The Balaban J connectivity index is 2.75. The van der Waals surface area contributed by atoms with Crippen molar-refractivity contribution in [1.29, 1.82) is 0 Å². The van der Waals surface area contributed by atoms with Gasteiger partial charge in [0.15, 0.2) is 0 Å². The Morgan fingerprint density at radius 3 is 1.91 bits per heavy atom. The number of halogens is 4. The lowest BCUT2D eigenvalue weighted by Gasteiger charge is -2.26. The van der Waals surface area contributed by atoms with Crippen LogP contribution in [0.4, 0.5) is 13.2 Å². The van der Waals surface area contributed by atoms with E-state index in [2.05, 4.69) is 9.47 Å². The van der Waals surface area contributed by atoms with Gasteiger partial charge in [0.1, 0.15) is 0 Å². The summed E-state index contributed by atoms with van der Waals surface area (Å²) in [5.41, 5.74) is 0. The first-order valence-electron chi connectivity index (χ1n) is 2.92. The molecule has 0 aromatic carbocycles. The topological polar surface area (TPSA) is 18.5 Å². The van der Waals surface area contributed by atoms with E-state index in [1.54, 1.807) is 0 Å². The molecule has 1 aliphatic rings. The Hall–Kier alpha value is -0.0000000000000000416. The molecule has 0 aliphatic carbocycles. The van der Waals surface area contributed by atoms with Gasteiger partial charge in [0, 0.05) is 0 Å². The van der Waals surface area contributed by atoms with Crippen LogP contribution in [0.15, 0.2) is 0 Å². The highest BCUT2D eigenvalue weighted by atomic mass is 35.5. The van der Waals surface area contributed by atoms with Gasteiger partial charge in [-0.3, -0.25) is 0 Å². The van der Waals surface area contributed by atoms with E-state index in [4.69, 9.17) is 11.6 Å². The summed E-state index contributed by atoms with van der Waals surface area (Å²) < 4.78 is 45.0. The van der Waals surface area contributed by atoms with Gasteiger partial charge in [0.2, 0.25) is 0 Å². The van der Waals surface area contributed by atoms with Crippen LogP contribution in [0.1, 0.15) is 0 Å². The van der Waals surface area contributed by atoms with Gasteiger partial charge in [-0.15, -0.1) is 11.6 Å². The second kappa shape index (κ2) is 2.80. The molecule has 0 amide bonds. The van der Waals surface area contributed by atoms with E-state index in [-0.39, 0.29) is 13.2 Å². The van der Waals surface area contributed by atoms with Gasteiger partial charge in [0.05, 0.1) is 19.1 Å². The summed E-state index contributed by atoms with van der Waals surface area (Å²) in [4.78, 5) is 0. The molecule has 11 heavy (non-hydrogen) atoms. The van der Waals surface area contributed by atoms with Crippen LogP contribution in [0.3, 0.4) is 0 Å². The van der Waals surface area contributed by atoms with Gasteiger partial charge < -0.3 is 9.47 Å². The highest BCUT2D eigenvalue weighted by molar-refractivity contribution is 6.18. The first-order chi connectivity index (χ1) is 5.02. The molecule has 0 bridgehead atoms. The van der Waals surface area contributed by atoms with Crippen LogP contribution < -0.4 is 0 Å². The maximum absolute atomic E-state index is 12.1. The average molecular weight is 191 g/mol. The third-order valence-corrected chi connectivity index (χ3v) is 1.71. The highest BCUT2D eigenvalue weighted by Gasteiger charge is 2.59. The lowest BCUT2D eigenvalue weighted by molar-refractivity contribution is -0.332. The van der Waals surface area contributed by atoms with Crippen LogP contribution in [0.5, 0.6) is 0 Å². The van der Waals surface area contributed by atoms with Gasteiger partial charge in [-0.25, -0.2) is 0 Å². The molecule has 6 heteroatoms. The molecular weight excluding hydrogens is 184 g/mol. The molecule has 0 unspecified atom stereocenters. The number of alkyl halides is 4. The fraction of sp³-hybridized carbons (Fsp3) is 1.00. The minimum absolute atomic E-state index is 0.0633. The monoisotopic (exact) mass is 190 g/mol. The summed E-state index contributed by atoms with van der Waals surface area (Å²) in [7, 11) is 0. The molecule has 1 fully saturated rings. The number of hydrogen-bond donors (Lipinski definition) is 0. The van der Waals surface area contributed by atoms with Gasteiger partial charge >= 0.3 is 6.18 Å². The third kappa shape index (κ3) is 1.45. The van der Waals surface area contributed by atoms with Crippen LogP contribution in [-0.4, -0.2) is 31.1 Å². The van der Waals surface area contributed by atoms with Crippen LogP contribution in [0.25, 0.3) is 0 Å². The first kappa shape index (κ1) is 9.09. The molecule has 0 radical (unpaired) electrons. The lowest BCUT2D eigenvalue weighted by atomic mass is 10.3. The molecular formula is C5H6ClF3O2. The molecule has 1 heterocycles. The van der Waals surface area contributed by atoms with E-state index < -0.39 is 17.8 Å². The Morgan fingerprint density at radius 2 is 1.73 bits per heavy atom. The summed E-state index contributed by atoms with van der Waals surface area (Å²) in [5, 5.41) is 0. The summed E-state index contributed by atoms with van der Waals surface area (Å²) in [6, 6.07) is 0. The molecule has 66 valence electrons. The van der Waals surface area contributed by atoms with Crippen molar-refractivity contribution in [2.24, 2.45) is 0 Å². The van der Waals surface area contributed by atoms with E-state index in [0.29, 0.717) is 0 Å². The van der Waals surface area contributed by atoms with E-state index in [0.717, 1.165) is 0 Å². The van der Waals surface area contributed by atoms with Crippen molar-refractivity contribution in [3.05, 3.63) is 0 Å². The first-order valence-corrected chi connectivity index (χ1v) is 3.46. The Morgan fingerprint density at radius 1 is 1.27 bits per heavy atom. The Bertz CT molecular complexity index is 141. The minimum atomic E-state index is -4.55. The van der Waals surface area contributed by atoms with Crippen LogP contribution in [0.2, 0.25) is 0 Å². The van der Waals surface area contributed by atoms with Crippen molar-refractivity contribution in [2.75, 3.05) is 19.1 Å². The molecule has 0 atom stereocenters.